The predicted molar refractivity (Wildman–Crippen MR) is 106 cm³/mol. The van der Waals surface area contributed by atoms with Crippen molar-refractivity contribution in [3.8, 4) is 0 Å². The molecule has 2 unspecified atom stereocenters. The van der Waals surface area contributed by atoms with Crippen LogP contribution in [0.4, 0.5) is 17.5 Å². The highest BCUT2D eigenvalue weighted by Crippen LogP contribution is 2.45. The number of nitrogens with one attached hydrogen (secondary N) is 2. The fraction of sp³-hybridized carbons (Fsp3) is 0.474. The molecule has 2 aromatic rings. The van der Waals surface area contributed by atoms with E-state index in [1.807, 2.05) is 10.9 Å². The van der Waals surface area contributed by atoms with Gasteiger partial charge in [-0.1, -0.05) is 23.8 Å². The van der Waals surface area contributed by atoms with E-state index in [9.17, 15) is 4.79 Å². The van der Waals surface area contributed by atoms with E-state index >= 15 is 0 Å². The molecule has 5 rings (SSSR count). The SMILES string of the molecule is NC(=O)C1C2C=C[C@@H](C2)[C@H]1Nc1nc(Nc2cnn(C3CCC3)c2)ncc1Cl. The van der Waals surface area contributed by atoms with E-state index in [4.69, 9.17) is 17.3 Å². The Morgan fingerprint density at radius 2 is 2.07 bits per heavy atom. The van der Waals surface area contributed by atoms with E-state index in [-0.39, 0.29) is 29.7 Å². The molecule has 2 heterocycles. The van der Waals surface area contributed by atoms with Gasteiger partial charge in [-0.2, -0.15) is 10.1 Å². The van der Waals surface area contributed by atoms with Crippen LogP contribution in [0.15, 0.2) is 30.7 Å². The normalized spacial score (nSPS) is 28.3. The summed E-state index contributed by atoms with van der Waals surface area (Å²) in [5.74, 6) is 0.831. The summed E-state index contributed by atoms with van der Waals surface area (Å²) in [6.45, 7) is 0. The summed E-state index contributed by atoms with van der Waals surface area (Å²) in [7, 11) is 0. The number of anilines is 3. The molecule has 0 aliphatic heterocycles. The number of hydrogen-bond acceptors (Lipinski definition) is 6. The van der Waals surface area contributed by atoms with E-state index in [0.29, 0.717) is 22.8 Å². The fourth-order valence-electron chi connectivity index (χ4n) is 4.48. The summed E-state index contributed by atoms with van der Waals surface area (Å²) in [5, 5.41) is 11.3. The molecule has 0 saturated heterocycles. The number of fused-ring (bicyclic) bond motifs is 2. The highest BCUT2D eigenvalue weighted by atomic mass is 35.5. The van der Waals surface area contributed by atoms with Crippen molar-refractivity contribution in [1.29, 1.82) is 0 Å². The standard InChI is InChI=1S/C19H22ClN7O/c20-14-8-22-19(24-12-7-23-27(9-12)13-2-1-3-13)26-18(14)25-16-11-5-4-10(6-11)15(16)17(21)28/h4-5,7-11,13,15-16H,1-3,6H2,(H2,21,28)(H2,22,24,25,26)/t10?,11-,15?,16+/m0/s1. The van der Waals surface area contributed by atoms with Crippen LogP contribution in [-0.4, -0.2) is 31.7 Å². The number of primary amides is 1. The lowest BCUT2D eigenvalue weighted by molar-refractivity contribution is -0.122. The molecule has 2 aromatic heterocycles. The Morgan fingerprint density at radius 3 is 2.82 bits per heavy atom. The monoisotopic (exact) mass is 399 g/mol. The second-order valence-corrected chi connectivity index (χ2v) is 8.26. The van der Waals surface area contributed by atoms with Gasteiger partial charge in [-0.15, -0.1) is 0 Å². The topological polar surface area (TPSA) is 111 Å². The van der Waals surface area contributed by atoms with Crippen LogP contribution in [0.1, 0.15) is 31.7 Å². The number of hydrogen-bond donors (Lipinski definition) is 3. The van der Waals surface area contributed by atoms with Gasteiger partial charge in [-0.05, 0) is 37.5 Å². The first kappa shape index (κ1) is 17.5. The van der Waals surface area contributed by atoms with Crippen molar-refractivity contribution in [3.05, 3.63) is 35.8 Å². The molecule has 3 aliphatic rings. The third-order valence-electron chi connectivity index (χ3n) is 6.14. The quantitative estimate of drug-likeness (QED) is 0.644. The van der Waals surface area contributed by atoms with Gasteiger partial charge in [0.25, 0.3) is 0 Å². The zero-order valence-corrected chi connectivity index (χ0v) is 16.0. The minimum Gasteiger partial charge on any atom is -0.369 e. The summed E-state index contributed by atoms with van der Waals surface area (Å²) in [6, 6.07) is 0.393. The Bertz CT molecular complexity index is 938. The molecule has 3 aliphatic carbocycles. The third-order valence-corrected chi connectivity index (χ3v) is 6.42. The third kappa shape index (κ3) is 3.01. The van der Waals surface area contributed by atoms with Crippen molar-refractivity contribution < 1.29 is 4.79 Å². The number of nitrogens with zero attached hydrogens (tertiary/aromatic N) is 4. The van der Waals surface area contributed by atoms with Crippen molar-refractivity contribution >= 4 is 35.0 Å². The number of allylic oxidation sites excluding steroid dienone is 1. The van der Waals surface area contributed by atoms with E-state index in [0.717, 1.165) is 12.1 Å². The van der Waals surface area contributed by atoms with Crippen molar-refractivity contribution in [3.63, 3.8) is 0 Å². The number of carbonyl (C=O) groups is 1. The van der Waals surface area contributed by atoms with Crippen molar-refractivity contribution in [2.75, 3.05) is 10.6 Å². The van der Waals surface area contributed by atoms with Crippen LogP contribution in [0.2, 0.25) is 5.02 Å². The van der Waals surface area contributed by atoms with Gasteiger partial charge in [-0.25, -0.2) is 4.98 Å². The van der Waals surface area contributed by atoms with Gasteiger partial charge in [0.15, 0.2) is 5.82 Å². The van der Waals surface area contributed by atoms with Gasteiger partial charge < -0.3 is 16.4 Å². The first-order chi connectivity index (χ1) is 13.6. The lowest BCUT2D eigenvalue weighted by atomic mass is 9.88. The van der Waals surface area contributed by atoms with Crippen LogP contribution >= 0.6 is 11.6 Å². The maximum absolute atomic E-state index is 11.9. The summed E-state index contributed by atoms with van der Waals surface area (Å²) in [6.07, 6.45) is 14.1. The molecule has 9 heteroatoms. The van der Waals surface area contributed by atoms with Crippen LogP contribution < -0.4 is 16.4 Å². The molecule has 4 N–H and O–H groups in total. The van der Waals surface area contributed by atoms with Crippen LogP contribution in [0.3, 0.4) is 0 Å². The number of amides is 1. The van der Waals surface area contributed by atoms with Gasteiger partial charge in [0.05, 0.1) is 30.0 Å². The average Bonchev–Trinajstić information content (AvgIpc) is 3.33. The van der Waals surface area contributed by atoms with E-state index in [2.05, 4.69) is 37.9 Å². The van der Waals surface area contributed by atoms with Crippen molar-refractivity contribution in [1.82, 2.24) is 19.7 Å². The summed E-state index contributed by atoms with van der Waals surface area (Å²) < 4.78 is 1.99. The molecular formula is C19H22ClN7O. The molecule has 0 spiro atoms. The van der Waals surface area contributed by atoms with Gasteiger partial charge in [-0.3, -0.25) is 9.48 Å². The molecule has 2 fully saturated rings. The maximum Gasteiger partial charge on any atom is 0.229 e. The zero-order valence-electron chi connectivity index (χ0n) is 15.3. The molecule has 2 saturated carbocycles. The van der Waals surface area contributed by atoms with Gasteiger partial charge in [0, 0.05) is 12.2 Å². The molecular weight excluding hydrogens is 378 g/mol. The lowest BCUT2D eigenvalue weighted by Crippen LogP contribution is -2.41. The Morgan fingerprint density at radius 1 is 1.25 bits per heavy atom. The maximum atomic E-state index is 11.9. The Balaban J connectivity index is 1.34. The number of carbonyl (C=O) groups excluding carboxylic acids is 1. The Labute approximate surface area is 167 Å². The lowest BCUT2D eigenvalue weighted by Gasteiger charge is -2.27. The minimum absolute atomic E-state index is 0.103. The molecule has 0 radical (unpaired) electrons. The van der Waals surface area contributed by atoms with Gasteiger partial charge >= 0.3 is 0 Å². The molecule has 4 atom stereocenters. The second kappa shape index (κ2) is 6.77. The fourth-order valence-corrected chi connectivity index (χ4v) is 4.62. The van der Waals surface area contributed by atoms with E-state index < -0.39 is 0 Å². The molecule has 8 nitrogen and oxygen atoms in total. The highest BCUT2D eigenvalue weighted by Gasteiger charge is 2.47. The zero-order chi connectivity index (χ0) is 19.3. The van der Waals surface area contributed by atoms with E-state index in [1.165, 1.54) is 19.3 Å². The number of halogens is 1. The minimum atomic E-state index is -0.290. The summed E-state index contributed by atoms with van der Waals surface area (Å²) in [5.41, 5.74) is 6.47. The van der Waals surface area contributed by atoms with Crippen LogP contribution in [0.25, 0.3) is 0 Å². The van der Waals surface area contributed by atoms with Crippen LogP contribution in [-0.2, 0) is 4.79 Å². The Hall–Kier alpha value is -2.61. The van der Waals surface area contributed by atoms with Crippen LogP contribution in [0, 0.1) is 17.8 Å². The molecule has 2 bridgehead atoms. The first-order valence-electron chi connectivity index (χ1n) is 9.66. The van der Waals surface area contributed by atoms with Crippen molar-refractivity contribution in [2.24, 2.45) is 23.5 Å². The van der Waals surface area contributed by atoms with Gasteiger partial charge in [0.1, 0.15) is 5.02 Å². The predicted octanol–water partition coefficient (Wildman–Crippen LogP) is 2.88. The molecule has 146 valence electrons. The van der Waals surface area contributed by atoms with Gasteiger partial charge in [0.2, 0.25) is 11.9 Å². The molecule has 1 amide bonds. The van der Waals surface area contributed by atoms with Crippen LogP contribution in [0.5, 0.6) is 0 Å². The molecule has 0 aromatic carbocycles. The van der Waals surface area contributed by atoms with E-state index in [1.54, 1.807) is 12.4 Å². The summed E-state index contributed by atoms with van der Waals surface area (Å²) >= 11 is 6.31. The second-order valence-electron chi connectivity index (χ2n) is 7.86. The van der Waals surface area contributed by atoms with Crippen molar-refractivity contribution in [2.45, 2.75) is 37.8 Å². The number of aromatic nitrogens is 4. The average molecular weight is 400 g/mol. The summed E-state index contributed by atoms with van der Waals surface area (Å²) in [4.78, 5) is 20.7. The number of rotatable bonds is 6. The highest BCUT2D eigenvalue weighted by molar-refractivity contribution is 6.32. The first-order valence-corrected chi connectivity index (χ1v) is 10.0. The number of nitrogens with two attached hydrogens (primary N) is 1. The Kier molecular flexibility index (Phi) is 4.23. The smallest absolute Gasteiger partial charge is 0.229 e. The molecule has 28 heavy (non-hydrogen) atoms. The largest absolute Gasteiger partial charge is 0.369 e.